The van der Waals surface area contributed by atoms with Crippen LogP contribution in [0.1, 0.15) is 16.4 Å². The van der Waals surface area contributed by atoms with Gasteiger partial charge in [0.2, 0.25) is 5.76 Å². The van der Waals surface area contributed by atoms with Gasteiger partial charge < -0.3 is 4.42 Å². The van der Waals surface area contributed by atoms with Crippen molar-refractivity contribution in [3.05, 3.63) is 17.8 Å². The molecular formula is C5H4ClNO2. The van der Waals surface area contributed by atoms with Gasteiger partial charge in [0.1, 0.15) is 0 Å². The summed E-state index contributed by atoms with van der Waals surface area (Å²) >= 11 is 5.04. The molecule has 0 atom stereocenters. The van der Waals surface area contributed by atoms with Crippen molar-refractivity contribution in [3.8, 4) is 0 Å². The Kier molecular flexibility index (Phi) is 1.53. The minimum atomic E-state index is -0.615. The first-order chi connectivity index (χ1) is 4.20. The minimum Gasteiger partial charge on any atom is -0.437 e. The summed E-state index contributed by atoms with van der Waals surface area (Å²) in [5.41, 5.74) is 0. The van der Waals surface area contributed by atoms with Gasteiger partial charge in [-0.3, -0.25) is 4.79 Å². The van der Waals surface area contributed by atoms with Gasteiger partial charge in [-0.2, -0.15) is 0 Å². The van der Waals surface area contributed by atoms with Gasteiger partial charge in [-0.05, 0) is 11.6 Å². The lowest BCUT2D eigenvalue weighted by molar-refractivity contribution is 0.105. The van der Waals surface area contributed by atoms with Crippen LogP contribution in [0.25, 0.3) is 0 Å². The van der Waals surface area contributed by atoms with E-state index in [1.54, 1.807) is 6.92 Å². The average Bonchev–Trinajstić information content (AvgIpc) is 2.14. The van der Waals surface area contributed by atoms with E-state index in [1.807, 2.05) is 0 Å². The zero-order chi connectivity index (χ0) is 6.85. The molecule has 1 aromatic rings. The molecule has 0 fully saturated rings. The number of nitrogens with zero attached hydrogens (tertiary/aromatic N) is 1. The number of halogens is 1. The van der Waals surface area contributed by atoms with Gasteiger partial charge in [-0.25, -0.2) is 4.98 Å². The fraction of sp³-hybridized carbons (Fsp3) is 0.200. The maximum atomic E-state index is 10.3. The van der Waals surface area contributed by atoms with E-state index in [-0.39, 0.29) is 5.76 Å². The quantitative estimate of drug-likeness (QED) is 0.561. The van der Waals surface area contributed by atoms with E-state index in [0.717, 1.165) is 0 Å². The van der Waals surface area contributed by atoms with Crippen molar-refractivity contribution >= 4 is 16.8 Å². The van der Waals surface area contributed by atoms with Crippen molar-refractivity contribution in [1.82, 2.24) is 4.98 Å². The standard InChI is InChI=1S/C5H4ClNO2/c1-3-7-2-4(9-3)5(6)8/h2H,1H3. The summed E-state index contributed by atoms with van der Waals surface area (Å²) in [6, 6.07) is 0. The van der Waals surface area contributed by atoms with E-state index in [9.17, 15) is 4.79 Å². The molecule has 0 spiro atoms. The molecule has 1 rings (SSSR count). The molecule has 0 radical (unpaired) electrons. The van der Waals surface area contributed by atoms with Crippen LogP contribution < -0.4 is 0 Å². The van der Waals surface area contributed by atoms with Crippen molar-refractivity contribution in [1.29, 1.82) is 0 Å². The van der Waals surface area contributed by atoms with Gasteiger partial charge in [0.15, 0.2) is 5.89 Å². The zero-order valence-corrected chi connectivity index (χ0v) is 5.47. The molecule has 0 aliphatic heterocycles. The highest BCUT2D eigenvalue weighted by Gasteiger charge is 2.05. The molecule has 0 unspecified atom stereocenters. The minimum absolute atomic E-state index is 0.0918. The smallest absolute Gasteiger partial charge is 0.289 e. The predicted octanol–water partition coefficient (Wildman–Crippen LogP) is 1.36. The first-order valence-corrected chi connectivity index (χ1v) is 2.70. The van der Waals surface area contributed by atoms with E-state index in [2.05, 4.69) is 4.98 Å². The fourth-order valence-electron chi connectivity index (χ4n) is 0.452. The number of carbonyl (C=O) groups is 1. The first-order valence-electron chi connectivity index (χ1n) is 2.32. The van der Waals surface area contributed by atoms with Crippen molar-refractivity contribution in [3.63, 3.8) is 0 Å². The molecule has 0 N–H and O–H groups in total. The van der Waals surface area contributed by atoms with Crippen LogP contribution in [0.3, 0.4) is 0 Å². The molecule has 1 aromatic heterocycles. The Hall–Kier alpha value is -0.830. The monoisotopic (exact) mass is 145 g/mol. The fourth-order valence-corrected chi connectivity index (χ4v) is 0.540. The highest BCUT2D eigenvalue weighted by molar-refractivity contribution is 6.67. The Morgan fingerprint density at radius 3 is 2.78 bits per heavy atom. The summed E-state index contributed by atoms with van der Waals surface area (Å²) in [4.78, 5) is 14.0. The Balaban J connectivity index is 2.98. The van der Waals surface area contributed by atoms with E-state index >= 15 is 0 Å². The maximum Gasteiger partial charge on any atom is 0.289 e. The molecule has 0 saturated carbocycles. The van der Waals surface area contributed by atoms with Gasteiger partial charge in [0.05, 0.1) is 6.20 Å². The highest BCUT2D eigenvalue weighted by atomic mass is 35.5. The summed E-state index contributed by atoms with van der Waals surface area (Å²) in [6.45, 7) is 1.64. The second kappa shape index (κ2) is 2.19. The molecule has 4 heteroatoms. The zero-order valence-electron chi connectivity index (χ0n) is 4.72. The number of aromatic nitrogens is 1. The third-order valence-corrected chi connectivity index (χ3v) is 1.00. The van der Waals surface area contributed by atoms with Crippen LogP contribution in [0.5, 0.6) is 0 Å². The molecule has 3 nitrogen and oxygen atoms in total. The van der Waals surface area contributed by atoms with Crippen molar-refractivity contribution in [2.45, 2.75) is 6.92 Å². The molecule has 0 bridgehead atoms. The Morgan fingerprint density at radius 2 is 2.56 bits per heavy atom. The lowest BCUT2D eigenvalue weighted by Gasteiger charge is -1.78. The molecular weight excluding hydrogens is 142 g/mol. The normalized spacial score (nSPS) is 9.56. The number of hydrogen-bond donors (Lipinski definition) is 0. The van der Waals surface area contributed by atoms with Crippen LogP contribution in [0.4, 0.5) is 0 Å². The molecule has 48 valence electrons. The molecule has 0 aromatic carbocycles. The molecule has 9 heavy (non-hydrogen) atoms. The molecule has 1 heterocycles. The lowest BCUT2D eigenvalue weighted by Crippen LogP contribution is -1.81. The van der Waals surface area contributed by atoms with Crippen LogP contribution in [0.15, 0.2) is 10.6 Å². The van der Waals surface area contributed by atoms with Crippen LogP contribution >= 0.6 is 11.6 Å². The number of oxazole rings is 1. The Labute approximate surface area is 56.6 Å². The van der Waals surface area contributed by atoms with Gasteiger partial charge in [0, 0.05) is 6.92 Å². The Bertz CT molecular complexity index is 231. The summed E-state index contributed by atoms with van der Waals surface area (Å²) in [5.74, 6) is 0.535. The Morgan fingerprint density at radius 1 is 1.89 bits per heavy atom. The predicted molar refractivity (Wildman–Crippen MR) is 31.4 cm³/mol. The molecule has 0 saturated heterocycles. The highest BCUT2D eigenvalue weighted by Crippen LogP contribution is 2.04. The van der Waals surface area contributed by atoms with Gasteiger partial charge >= 0.3 is 0 Å². The first kappa shape index (κ1) is 6.29. The summed E-state index contributed by atoms with van der Waals surface area (Å²) < 4.78 is 4.75. The van der Waals surface area contributed by atoms with Crippen LogP contribution in [0, 0.1) is 6.92 Å². The third kappa shape index (κ3) is 1.29. The summed E-state index contributed by atoms with van der Waals surface area (Å²) in [6.07, 6.45) is 1.30. The van der Waals surface area contributed by atoms with E-state index in [4.69, 9.17) is 16.0 Å². The topological polar surface area (TPSA) is 43.1 Å². The molecule has 0 amide bonds. The second-order valence-electron chi connectivity index (χ2n) is 1.52. The summed E-state index contributed by atoms with van der Waals surface area (Å²) in [7, 11) is 0. The van der Waals surface area contributed by atoms with Crippen LogP contribution in [0.2, 0.25) is 0 Å². The van der Waals surface area contributed by atoms with Crippen LogP contribution in [-0.2, 0) is 0 Å². The SMILES string of the molecule is Cc1ncc(C(=O)Cl)o1. The number of aryl methyl sites for hydroxylation is 1. The van der Waals surface area contributed by atoms with E-state index < -0.39 is 5.24 Å². The largest absolute Gasteiger partial charge is 0.437 e. The van der Waals surface area contributed by atoms with Gasteiger partial charge in [0.25, 0.3) is 5.24 Å². The molecule has 0 aliphatic rings. The third-order valence-electron chi connectivity index (χ3n) is 0.815. The van der Waals surface area contributed by atoms with Crippen molar-refractivity contribution < 1.29 is 9.21 Å². The number of rotatable bonds is 1. The van der Waals surface area contributed by atoms with E-state index in [1.165, 1.54) is 6.20 Å². The van der Waals surface area contributed by atoms with Crippen molar-refractivity contribution in [2.24, 2.45) is 0 Å². The maximum absolute atomic E-state index is 10.3. The van der Waals surface area contributed by atoms with Gasteiger partial charge in [-0.1, -0.05) is 0 Å². The van der Waals surface area contributed by atoms with Crippen molar-refractivity contribution in [2.75, 3.05) is 0 Å². The average molecular weight is 146 g/mol. The lowest BCUT2D eigenvalue weighted by atomic mass is 10.6. The van der Waals surface area contributed by atoms with E-state index in [0.29, 0.717) is 5.89 Å². The summed E-state index contributed by atoms with van der Waals surface area (Å²) in [5, 5.41) is -0.615. The number of carbonyl (C=O) groups excluding carboxylic acids is 1. The molecule has 0 aliphatic carbocycles. The van der Waals surface area contributed by atoms with Crippen LogP contribution in [-0.4, -0.2) is 10.2 Å². The second-order valence-corrected chi connectivity index (χ2v) is 1.86. The van der Waals surface area contributed by atoms with Gasteiger partial charge in [-0.15, -0.1) is 0 Å². The number of hydrogen-bond acceptors (Lipinski definition) is 3.